The Hall–Kier alpha value is -3.35. The highest BCUT2D eigenvalue weighted by Gasteiger charge is 2.15. The van der Waals surface area contributed by atoms with Crippen molar-refractivity contribution in [3.63, 3.8) is 0 Å². The molecular weight excluding hydrogens is 346 g/mol. The molecule has 0 spiro atoms. The van der Waals surface area contributed by atoms with Gasteiger partial charge in [-0.25, -0.2) is 4.98 Å². The van der Waals surface area contributed by atoms with E-state index in [1.807, 2.05) is 24.3 Å². The standard InChI is InChI=1S/C20H21N3O4/c1-3-27-19(24)13-23-17-10-5-4-9-16(17)22-18(23)12-21-20(25)14-7-6-8-15(11-14)26-2/h4-11H,3,12-13H2,1-2H3,(H,21,25). The van der Waals surface area contributed by atoms with Gasteiger partial charge in [0.1, 0.15) is 18.1 Å². The van der Waals surface area contributed by atoms with Gasteiger partial charge in [-0.15, -0.1) is 0 Å². The second kappa shape index (κ2) is 8.35. The molecule has 140 valence electrons. The summed E-state index contributed by atoms with van der Waals surface area (Å²) in [6, 6.07) is 14.4. The maximum atomic E-state index is 12.4. The molecule has 1 amide bonds. The van der Waals surface area contributed by atoms with Crippen LogP contribution in [0.15, 0.2) is 48.5 Å². The van der Waals surface area contributed by atoms with Crippen molar-refractivity contribution >= 4 is 22.9 Å². The van der Waals surface area contributed by atoms with Gasteiger partial charge in [-0.2, -0.15) is 0 Å². The van der Waals surface area contributed by atoms with Crippen LogP contribution in [0.4, 0.5) is 0 Å². The van der Waals surface area contributed by atoms with Crippen molar-refractivity contribution in [1.29, 1.82) is 0 Å². The van der Waals surface area contributed by atoms with E-state index in [-0.39, 0.29) is 25.0 Å². The molecule has 7 nitrogen and oxygen atoms in total. The Morgan fingerprint density at radius 1 is 1.15 bits per heavy atom. The van der Waals surface area contributed by atoms with Crippen LogP contribution >= 0.6 is 0 Å². The van der Waals surface area contributed by atoms with Crippen LogP contribution in [0.25, 0.3) is 11.0 Å². The SMILES string of the molecule is CCOC(=O)Cn1c(CNC(=O)c2cccc(OC)c2)nc2ccccc21. The minimum atomic E-state index is -0.346. The van der Waals surface area contributed by atoms with Gasteiger partial charge in [0.05, 0.1) is 31.3 Å². The normalized spacial score (nSPS) is 10.6. The van der Waals surface area contributed by atoms with E-state index in [1.54, 1.807) is 42.9 Å². The van der Waals surface area contributed by atoms with Crippen molar-refractivity contribution < 1.29 is 19.1 Å². The number of nitrogens with one attached hydrogen (secondary N) is 1. The van der Waals surface area contributed by atoms with E-state index in [2.05, 4.69) is 10.3 Å². The Bertz CT molecular complexity index is 965. The molecule has 0 unspecified atom stereocenters. The number of aromatic nitrogens is 2. The molecule has 0 aliphatic carbocycles. The van der Waals surface area contributed by atoms with Gasteiger partial charge in [-0.1, -0.05) is 18.2 Å². The van der Waals surface area contributed by atoms with E-state index in [1.165, 1.54) is 0 Å². The van der Waals surface area contributed by atoms with Crippen molar-refractivity contribution in [3.8, 4) is 5.75 Å². The average molecular weight is 367 g/mol. The number of ether oxygens (including phenoxy) is 2. The van der Waals surface area contributed by atoms with E-state index in [9.17, 15) is 9.59 Å². The van der Waals surface area contributed by atoms with Crippen molar-refractivity contribution in [1.82, 2.24) is 14.9 Å². The summed E-state index contributed by atoms with van der Waals surface area (Å²) in [5, 5.41) is 2.84. The Morgan fingerprint density at radius 3 is 2.74 bits per heavy atom. The van der Waals surface area contributed by atoms with Crippen molar-refractivity contribution in [2.24, 2.45) is 0 Å². The predicted molar refractivity (Wildman–Crippen MR) is 101 cm³/mol. The molecule has 1 N–H and O–H groups in total. The van der Waals surface area contributed by atoms with Crippen LogP contribution in [0, 0.1) is 0 Å². The molecule has 0 atom stereocenters. The van der Waals surface area contributed by atoms with Gasteiger partial charge in [0.25, 0.3) is 5.91 Å². The zero-order chi connectivity index (χ0) is 19.2. The van der Waals surface area contributed by atoms with Crippen LogP contribution in [-0.4, -0.2) is 35.1 Å². The van der Waals surface area contributed by atoms with Crippen molar-refractivity contribution in [2.45, 2.75) is 20.0 Å². The fraction of sp³-hybridized carbons (Fsp3) is 0.250. The van der Waals surface area contributed by atoms with Crippen LogP contribution in [0.2, 0.25) is 0 Å². The first kappa shape index (κ1) is 18.4. The number of hydrogen-bond acceptors (Lipinski definition) is 5. The van der Waals surface area contributed by atoms with E-state index in [0.29, 0.717) is 23.7 Å². The molecule has 1 aromatic heterocycles. The quantitative estimate of drug-likeness (QED) is 0.649. The van der Waals surface area contributed by atoms with E-state index in [0.717, 1.165) is 11.0 Å². The van der Waals surface area contributed by atoms with Crippen LogP contribution < -0.4 is 10.1 Å². The zero-order valence-corrected chi connectivity index (χ0v) is 15.3. The van der Waals surface area contributed by atoms with Crippen molar-refractivity contribution in [2.75, 3.05) is 13.7 Å². The first-order valence-corrected chi connectivity index (χ1v) is 8.64. The summed E-state index contributed by atoms with van der Waals surface area (Å²) in [6.45, 7) is 2.30. The number of carbonyl (C=O) groups excluding carboxylic acids is 2. The molecule has 0 bridgehead atoms. The monoisotopic (exact) mass is 367 g/mol. The van der Waals surface area contributed by atoms with E-state index < -0.39 is 0 Å². The zero-order valence-electron chi connectivity index (χ0n) is 15.3. The molecule has 2 aromatic carbocycles. The minimum Gasteiger partial charge on any atom is -0.497 e. The lowest BCUT2D eigenvalue weighted by atomic mass is 10.2. The van der Waals surface area contributed by atoms with Gasteiger partial charge in [0.2, 0.25) is 0 Å². The third-order valence-electron chi connectivity index (χ3n) is 4.07. The van der Waals surface area contributed by atoms with Gasteiger partial charge in [-0.05, 0) is 37.3 Å². The number of methoxy groups -OCH3 is 1. The summed E-state index contributed by atoms with van der Waals surface area (Å²) in [5.74, 6) is 0.599. The second-order valence-corrected chi connectivity index (χ2v) is 5.82. The minimum absolute atomic E-state index is 0.0404. The number of benzene rings is 2. The number of amides is 1. The smallest absolute Gasteiger partial charge is 0.326 e. The van der Waals surface area contributed by atoms with E-state index >= 15 is 0 Å². The Balaban J connectivity index is 1.81. The molecule has 0 fully saturated rings. The van der Waals surface area contributed by atoms with Crippen LogP contribution in [-0.2, 0) is 22.6 Å². The summed E-state index contributed by atoms with van der Waals surface area (Å²) >= 11 is 0. The average Bonchev–Trinajstić information content (AvgIpc) is 3.04. The first-order chi connectivity index (χ1) is 13.1. The molecule has 0 aliphatic rings. The largest absolute Gasteiger partial charge is 0.497 e. The molecule has 7 heteroatoms. The van der Waals surface area contributed by atoms with Crippen molar-refractivity contribution in [3.05, 3.63) is 59.9 Å². The maximum absolute atomic E-state index is 12.4. The highest BCUT2D eigenvalue weighted by Crippen LogP contribution is 2.17. The lowest BCUT2D eigenvalue weighted by Gasteiger charge is -2.10. The number of carbonyl (C=O) groups is 2. The molecular formula is C20H21N3O4. The molecule has 0 saturated carbocycles. The number of rotatable bonds is 7. The third-order valence-corrected chi connectivity index (χ3v) is 4.07. The predicted octanol–water partition coefficient (Wildman–Crippen LogP) is 2.54. The van der Waals surface area contributed by atoms with Crippen LogP contribution in [0.1, 0.15) is 23.1 Å². The number of nitrogens with zero attached hydrogens (tertiary/aromatic N) is 2. The lowest BCUT2D eigenvalue weighted by Crippen LogP contribution is -2.25. The summed E-state index contributed by atoms with van der Waals surface area (Å²) in [4.78, 5) is 28.9. The van der Waals surface area contributed by atoms with Gasteiger partial charge in [-0.3, -0.25) is 9.59 Å². The summed E-state index contributed by atoms with van der Waals surface area (Å²) in [7, 11) is 1.55. The summed E-state index contributed by atoms with van der Waals surface area (Å²) in [5.41, 5.74) is 2.06. The molecule has 1 heterocycles. The summed E-state index contributed by atoms with van der Waals surface area (Å²) < 4.78 is 12.0. The van der Waals surface area contributed by atoms with Gasteiger partial charge in [0.15, 0.2) is 0 Å². The molecule has 0 saturated heterocycles. The Kier molecular flexibility index (Phi) is 5.71. The number of hydrogen-bond donors (Lipinski definition) is 1. The molecule has 3 rings (SSSR count). The topological polar surface area (TPSA) is 82.5 Å². The highest BCUT2D eigenvalue weighted by molar-refractivity contribution is 5.94. The Morgan fingerprint density at radius 2 is 1.96 bits per heavy atom. The number of imidazole rings is 1. The third kappa shape index (κ3) is 4.25. The van der Waals surface area contributed by atoms with Gasteiger partial charge < -0.3 is 19.4 Å². The molecule has 0 aliphatic heterocycles. The number of esters is 1. The molecule has 27 heavy (non-hydrogen) atoms. The Labute approximate surface area is 156 Å². The maximum Gasteiger partial charge on any atom is 0.326 e. The number of fused-ring (bicyclic) bond motifs is 1. The highest BCUT2D eigenvalue weighted by atomic mass is 16.5. The van der Waals surface area contributed by atoms with Gasteiger partial charge >= 0.3 is 5.97 Å². The number of para-hydroxylation sites is 2. The van der Waals surface area contributed by atoms with Crippen LogP contribution in [0.3, 0.4) is 0 Å². The van der Waals surface area contributed by atoms with Crippen LogP contribution in [0.5, 0.6) is 5.75 Å². The van der Waals surface area contributed by atoms with Gasteiger partial charge in [0, 0.05) is 5.56 Å². The summed E-state index contributed by atoms with van der Waals surface area (Å²) in [6.07, 6.45) is 0. The fourth-order valence-corrected chi connectivity index (χ4v) is 2.80. The molecule has 0 radical (unpaired) electrons. The first-order valence-electron chi connectivity index (χ1n) is 8.64. The second-order valence-electron chi connectivity index (χ2n) is 5.82. The fourth-order valence-electron chi connectivity index (χ4n) is 2.80. The van der Waals surface area contributed by atoms with E-state index in [4.69, 9.17) is 9.47 Å². The molecule has 3 aromatic rings. The lowest BCUT2D eigenvalue weighted by molar-refractivity contribution is -0.143.